The molecule has 0 bridgehead atoms. The number of nitrogens with two attached hydrogens (primary N) is 1. The van der Waals surface area contributed by atoms with Gasteiger partial charge in [-0.25, -0.2) is 4.98 Å². The molecule has 1 heterocycles. The first-order chi connectivity index (χ1) is 7.63. The molecule has 1 atom stereocenters. The average molecular weight is 288 g/mol. The van der Waals surface area contributed by atoms with Crippen LogP contribution in [0, 0.1) is 6.92 Å². The van der Waals surface area contributed by atoms with Gasteiger partial charge in [0.25, 0.3) is 0 Å². The van der Waals surface area contributed by atoms with Crippen molar-refractivity contribution in [2.45, 2.75) is 19.4 Å². The van der Waals surface area contributed by atoms with Gasteiger partial charge in [-0.3, -0.25) is 0 Å². The van der Waals surface area contributed by atoms with Crippen molar-refractivity contribution in [3.8, 4) is 0 Å². The number of ether oxygens (including phenoxy) is 1. The molecule has 0 fully saturated rings. The van der Waals surface area contributed by atoms with Crippen LogP contribution in [-0.4, -0.2) is 31.3 Å². The molecule has 0 saturated heterocycles. The Morgan fingerprint density at radius 2 is 2.31 bits per heavy atom. The van der Waals surface area contributed by atoms with Gasteiger partial charge < -0.3 is 15.8 Å². The third kappa shape index (κ3) is 4.47. The maximum atomic E-state index is 5.81. The summed E-state index contributed by atoms with van der Waals surface area (Å²) in [5.41, 5.74) is 6.79. The zero-order valence-electron chi connectivity index (χ0n) is 9.66. The van der Waals surface area contributed by atoms with E-state index in [1.807, 2.05) is 19.1 Å². The third-order valence-electron chi connectivity index (χ3n) is 2.22. The maximum Gasteiger partial charge on any atom is 0.126 e. The Kier molecular flexibility index (Phi) is 5.73. The van der Waals surface area contributed by atoms with E-state index in [0.717, 1.165) is 29.0 Å². The van der Waals surface area contributed by atoms with Crippen LogP contribution in [-0.2, 0) is 4.74 Å². The van der Waals surface area contributed by atoms with E-state index in [1.54, 1.807) is 7.11 Å². The Labute approximate surface area is 105 Å². The second kappa shape index (κ2) is 6.83. The van der Waals surface area contributed by atoms with Gasteiger partial charge in [0.15, 0.2) is 0 Å². The smallest absolute Gasteiger partial charge is 0.126 e. The molecule has 5 heteroatoms. The van der Waals surface area contributed by atoms with Crippen molar-refractivity contribution in [2.75, 3.05) is 25.6 Å². The Bertz CT molecular complexity index is 333. The molecule has 4 nitrogen and oxygen atoms in total. The fourth-order valence-corrected chi connectivity index (χ4v) is 1.55. The number of pyridine rings is 1. The van der Waals surface area contributed by atoms with E-state index in [1.165, 1.54) is 0 Å². The molecule has 0 saturated carbocycles. The van der Waals surface area contributed by atoms with Crippen molar-refractivity contribution in [3.63, 3.8) is 0 Å². The summed E-state index contributed by atoms with van der Waals surface area (Å²) in [6.07, 6.45) is 0.866. The van der Waals surface area contributed by atoms with Crippen LogP contribution in [0.1, 0.15) is 12.1 Å². The van der Waals surface area contributed by atoms with E-state index in [0.29, 0.717) is 6.61 Å². The molecule has 0 spiro atoms. The molecule has 0 aliphatic rings. The predicted octanol–water partition coefficient (Wildman–Crippen LogP) is 1.93. The lowest BCUT2D eigenvalue weighted by Crippen LogP contribution is -2.28. The molecule has 1 unspecified atom stereocenters. The highest BCUT2D eigenvalue weighted by Gasteiger charge is 2.02. The topological polar surface area (TPSA) is 60.2 Å². The first kappa shape index (κ1) is 13.4. The van der Waals surface area contributed by atoms with Gasteiger partial charge in [-0.05, 0) is 41.4 Å². The lowest BCUT2D eigenvalue weighted by molar-refractivity contribution is 0.178. The summed E-state index contributed by atoms with van der Waals surface area (Å²) in [5.74, 6) is 0.880. The SMILES string of the molecule is COCC(N)CCNc1ccc(Br)c(C)n1. The van der Waals surface area contributed by atoms with Crippen molar-refractivity contribution in [1.82, 2.24) is 4.98 Å². The van der Waals surface area contributed by atoms with Crippen LogP contribution in [0.2, 0.25) is 0 Å². The van der Waals surface area contributed by atoms with Gasteiger partial charge in [-0.1, -0.05) is 0 Å². The number of hydrogen-bond acceptors (Lipinski definition) is 4. The number of aryl methyl sites for hydroxylation is 1. The minimum absolute atomic E-state index is 0.0778. The van der Waals surface area contributed by atoms with Gasteiger partial charge in [0.2, 0.25) is 0 Å². The van der Waals surface area contributed by atoms with Gasteiger partial charge in [-0.15, -0.1) is 0 Å². The first-order valence-corrected chi connectivity index (χ1v) is 6.04. The van der Waals surface area contributed by atoms with Crippen LogP contribution >= 0.6 is 15.9 Å². The van der Waals surface area contributed by atoms with Gasteiger partial charge in [-0.2, -0.15) is 0 Å². The van der Waals surface area contributed by atoms with E-state index in [2.05, 4.69) is 26.2 Å². The summed E-state index contributed by atoms with van der Waals surface area (Å²) in [6, 6.07) is 4.01. The van der Waals surface area contributed by atoms with Crippen molar-refractivity contribution in [2.24, 2.45) is 5.73 Å². The number of aromatic nitrogens is 1. The Morgan fingerprint density at radius 1 is 1.56 bits per heavy atom. The zero-order chi connectivity index (χ0) is 12.0. The van der Waals surface area contributed by atoms with E-state index >= 15 is 0 Å². The summed E-state index contributed by atoms with van der Waals surface area (Å²) >= 11 is 3.41. The summed E-state index contributed by atoms with van der Waals surface area (Å²) in [4.78, 5) is 4.39. The molecule has 1 aromatic heterocycles. The molecule has 0 aliphatic heterocycles. The van der Waals surface area contributed by atoms with E-state index in [9.17, 15) is 0 Å². The molecule has 0 amide bonds. The van der Waals surface area contributed by atoms with Gasteiger partial charge in [0, 0.05) is 24.2 Å². The van der Waals surface area contributed by atoms with Crippen molar-refractivity contribution < 1.29 is 4.74 Å². The first-order valence-electron chi connectivity index (χ1n) is 5.25. The fraction of sp³-hybridized carbons (Fsp3) is 0.545. The second-order valence-corrected chi connectivity index (χ2v) is 4.55. The van der Waals surface area contributed by atoms with E-state index < -0.39 is 0 Å². The van der Waals surface area contributed by atoms with E-state index in [4.69, 9.17) is 10.5 Å². The minimum Gasteiger partial charge on any atom is -0.383 e. The predicted molar refractivity (Wildman–Crippen MR) is 69.6 cm³/mol. The lowest BCUT2D eigenvalue weighted by atomic mass is 10.2. The van der Waals surface area contributed by atoms with Crippen molar-refractivity contribution in [3.05, 3.63) is 22.3 Å². The summed E-state index contributed by atoms with van der Waals surface area (Å²) < 4.78 is 5.99. The highest BCUT2D eigenvalue weighted by Crippen LogP contribution is 2.15. The van der Waals surface area contributed by atoms with Gasteiger partial charge >= 0.3 is 0 Å². The Hall–Kier alpha value is -0.650. The molecular formula is C11H18BrN3O. The number of nitrogens with one attached hydrogen (secondary N) is 1. The molecule has 16 heavy (non-hydrogen) atoms. The van der Waals surface area contributed by atoms with Crippen LogP contribution < -0.4 is 11.1 Å². The van der Waals surface area contributed by atoms with Gasteiger partial charge in [0.05, 0.1) is 12.3 Å². The number of rotatable bonds is 6. The quantitative estimate of drug-likeness (QED) is 0.839. The standard InChI is InChI=1S/C11H18BrN3O/c1-8-10(12)3-4-11(15-8)14-6-5-9(13)7-16-2/h3-4,9H,5-7,13H2,1-2H3,(H,14,15). The highest BCUT2D eigenvalue weighted by molar-refractivity contribution is 9.10. The summed E-state index contributed by atoms with van der Waals surface area (Å²) in [5, 5.41) is 3.23. The molecule has 3 N–H and O–H groups in total. The maximum absolute atomic E-state index is 5.81. The largest absolute Gasteiger partial charge is 0.383 e. The monoisotopic (exact) mass is 287 g/mol. The number of halogens is 1. The van der Waals surface area contributed by atoms with Crippen molar-refractivity contribution in [1.29, 1.82) is 0 Å². The summed E-state index contributed by atoms with van der Waals surface area (Å²) in [6.45, 7) is 3.36. The molecule has 1 rings (SSSR count). The van der Waals surface area contributed by atoms with Crippen LogP contribution in [0.4, 0.5) is 5.82 Å². The van der Waals surface area contributed by atoms with Gasteiger partial charge in [0.1, 0.15) is 5.82 Å². The van der Waals surface area contributed by atoms with Crippen LogP contribution in [0.25, 0.3) is 0 Å². The summed E-state index contributed by atoms with van der Waals surface area (Å²) in [7, 11) is 1.66. The highest BCUT2D eigenvalue weighted by atomic mass is 79.9. The van der Waals surface area contributed by atoms with Crippen LogP contribution in [0.15, 0.2) is 16.6 Å². The molecule has 0 radical (unpaired) electrons. The third-order valence-corrected chi connectivity index (χ3v) is 3.06. The number of anilines is 1. The molecule has 0 aromatic carbocycles. The molecule has 90 valence electrons. The zero-order valence-corrected chi connectivity index (χ0v) is 11.3. The normalized spacial score (nSPS) is 12.5. The fourth-order valence-electron chi connectivity index (χ4n) is 1.33. The van der Waals surface area contributed by atoms with Crippen molar-refractivity contribution >= 4 is 21.7 Å². The van der Waals surface area contributed by atoms with Crippen LogP contribution in [0.3, 0.4) is 0 Å². The number of methoxy groups -OCH3 is 1. The molecule has 0 aliphatic carbocycles. The van der Waals surface area contributed by atoms with Crippen LogP contribution in [0.5, 0.6) is 0 Å². The number of hydrogen-bond donors (Lipinski definition) is 2. The Morgan fingerprint density at radius 3 is 2.94 bits per heavy atom. The average Bonchev–Trinajstić information content (AvgIpc) is 2.24. The minimum atomic E-state index is 0.0778. The molecule has 1 aromatic rings. The second-order valence-electron chi connectivity index (χ2n) is 3.69. The van der Waals surface area contributed by atoms with E-state index in [-0.39, 0.29) is 6.04 Å². The molecular weight excluding hydrogens is 270 g/mol. The lowest BCUT2D eigenvalue weighted by Gasteiger charge is -2.11. The Balaban J connectivity index is 2.34. The number of nitrogens with zero attached hydrogens (tertiary/aromatic N) is 1.